The van der Waals surface area contributed by atoms with Gasteiger partial charge in [-0.05, 0) is 12.1 Å². The Balaban J connectivity index is 2.03. The summed E-state index contributed by atoms with van der Waals surface area (Å²) in [6.45, 7) is 0.370. The summed E-state index contributed by atoms with van der Waals surface area (Å²) >= 11 is 5.84. The summed E-state index contributed by atoms with van der Waals surface area (Å²) in [5.41, 5.74) is 0. The van der Waals surface area contributed by atoms with Gasteiger partial charge in [0.25, 0.3) is 0 Å². The number of carbonyl (C=O) groups excluding carboxylic acids is 2. The molecule has 1 fully saturated rings. The van der Waals surface area contributed by atoms with Gasteiger partial charge >= 0.3 is 0 Å². The number of nitrogens with zero attached hydrogens (tertiary/aromatic N) is 1. The SMILES string of the molecule is O=C1CC(C(=O)Nc2ncccc2Cl)CN1. The van der Waals surface area contributed by atoms with Gasteiger partial charge in [-0.3, -0.25) is 9.59 Å². The molecule has 0 spiro atoms. The smallest absolute Gasteiger partial charge is 0.230 e. The second kappa shape index (κ2) is 4.49. The minimum atomic E-state index is -0.342. The molecule has 0 bridgehead atoms. The van der Waals surface area contributed by atoms with Crippen molar-refractivity contribution in [3.8, 4) is 0 Å². The lowest BCUT2D eigenvalue weighted by molar-refractivity contribution is -0.123. The van der Waals surface area contributed by atoms with Gasteiger partial charge in [0.05, 0.1) is 10.9 Å². The zero-order valence-electron chi connectivity index (χ0n) is 8.37. The van der Waals surface area contributed by atoms with E-state index in [1.54, 1.807) is 18.3 Å². The molecule has 2 rings (SSSR count). The normalized spacial score (nSPS) is 19.3. The molecule has 0 aliphatic carbocycles. The van der Waals surface area contributed by atoms with Gasteiger partial charge in [-0.2, -0.15) is 0 Å². The fourth-order valence-corrected chi connectivity index (χ4v) is 1.66. The van der Waals surface area contributed by atoms with Gasteiger partial charge in [0.2, 0.25) is 11.8 Å². The second-order valence-electron chi connectivity index (χ2n) is 3.53. The van der Waals surface area contributed by atoms with Crippen molar-refractivity contribution in [2.24, 2.45) is 5.92 Å². The minimum absolute atomic E-state index is 0.104. The molecule has 1 aromatic rings. The number of aromatic nitrogens is 1. The molecule has 1 atom stereocenters. The Labute approximate surface area is 97.2 Å². The van der Waals surface area contributed by atoms with Crippen LogP contribution in [0.5, 0.6) is 0 Å². The molecule has 0 radical (unpaired) electrons. The summed E-state index contributed by atoms with van der Waals surface area (Å²) in [4.78, 5) is 26.6. The topological polar surface area (TPSA) is 71.1 Å². The van der Waals surface area contributed by atoms with Crippen molar-refractivity contribution >= 4 is 29.2 Å². The Kier molecular flexibility index (Phi) is 3.05. The van der Waals surface area contributed by atoms with E-state index < -0.39 is 0 Å². The molecule has 2 heterocycles. The first-order valence-electron chi connectivity index (χ1n) is 4.85. The maximum absolute atomic E-state index is 11.7. The monoisotopic (exact) mass is 239 g/mol. The van der Waals surface area contributed by atoms with Crippen LogP contribution < -0.4 is 10.6 Å². The van der Waals surface area contributed by atoms with Crippen molar-refractivity contribution in [3.63, 3.8) is 0 Å². The van der Waals surface area contributed by atoms with Crippen molar-refractivity contribution in [2.75, 3.05) is 11.9 Å². The Morgan fingerprint density at radius 1 is 1.62 bits per heavy atom. The van der Waals surface area contributed by atoms with E-state index in [1.165, 1.54) is 0 Å². The molecule has 1 aliphatic heterocycles. The van der Waals surface area contributed by atoms with Crippen molar-refractivity contribution in [2.45, 2.75) is 6.42 Å². The van der Waals surface area contributed by atoms with Crippen LogP contribution in [-0.4, -0.2) is 23.3 Å². The third kappa shape index (κ3) is 2.30. The fourth-order valence-electron chi connectivity index (χ4n) is 1.49. The van der Waals surface area contributed by atoms with Crippen LogP contribution in [0.1, 0.15) is 6.42 Å². The van der Waals surface area contributed by atoms with Crippen LogP contribution in [-0.2, 0) is 9.59 Å². The number of halogens is 1. The molecule has 6 heteroatoms. The van der Waals surface area contributed by atoms with Crippen LogP contribution in [0, 0.1) is 5.92 Å². The van der Waals surface area contributed by atoms with Gasteiger partial charge in [-0.25, -0.2) is 4.98 Å². The molecule has 1 aromatic heterocycles. The predicted molar refractivity (Wildman–Crippen MR) is 59.0 cm³/mol. The van der Waals surface area contributed by atoms with Crippen LogP contribution in [0.4, 0.5) is 5.82 Å². The van der Waals surface area contributed by atoms with E-state index in [2.05, 4.69) is 15.6 Å². The lowest BCUT2D eigenvalue weighted by Gasteiger charge is -2.09. The number of hydrogen-bond donors (Lipinski definition) is 2. The number of pyridine rings is 1. The number of rotatable bonds is 2. The second-order valence-corrected chi connectivity index (χ2v) is 3.94. The fraction of sp³-hybridized carbons (Fsp3) is 0.300. The molecule has 2 N–H and O–H groups in total. The Hall–Kier alpha value is -1.62. The highest BCUT2D eigenvalue weighted by atomic mass is 35.5. The van der Waals surface area contributed by atoms with Gasteiger partial charge in [-0.15, -0.1) is 0 Å². The maximum Gasteiger partial charge on any atom is 0.230 e. The van der Waals surface area contributed by atoms with E-state index in [0.29, 0.717) is 17.4 Å². The number of anilines is 1. The van der Waals surface area contributed by atoms with Gasteiger partial charge in [0.1, 0.15) is 0 Å². The third-order valence-electron chi connectivity index (χ3n) is 2.35. The van der Waals surface area contributed by atoms with E-state index in [1.807, 2.05) is 0 Å². The molecule has 1 aliphatic rings. The highest BCUT2D eigenvalue weighted by Gasteiger charge is 2.28. The number of carbonyl (C=O) groups is 2. The Morgan fingerprint density at radius 2 is 2.44 bits per heavy atom. The van der Waals surface area contributed by atoms with Crippen LogP contribution in [0.3, 0.4) is 0 Å². The first-order chi connectivity index (χ1) is 7.66. The van der Waals surface area contributed by atoms with Crippen LogP contribution in [0.25, 0.3) is 0 Å². The molecule has 5 nitrogen and oxygen atoms in total. The van der Waals surface area contributed by atoms with E-state index in [9.17, 15) is 9.59 Å². The summed E-state index contributed by atoms with van der Waals surface area (Å²) in [6.07, 6.45) is 1.76. The first-order valence-corrected chi connectivity index (χ1v) is 5.22. The zero-order chi connectivity index (χ0) is 11.5. The van der Waals surface area contributed by atoms with Gasteiger partial charge in [0, 0.05) is 19.2 Å². The number of amides is 2. The van der Waals surface area contributed by atoms with Crippen molar-refractivity contribution in [1.82, 2.24) is 10.3 Å². The molecule has 1 saturated heterocycles. The average molecular weight is 240 g/mol. The summed E-state index contributed by atoms with van der Waals surface area (Å²) in [6, 6.07) is 3.32. The van der Waals surface area contributed by atoms with Crippen molar-refractivity contribution in [3.05, 3.63) is 23.4 Å². The van der Waals surface area contributed by atoms with Crippen LogP contribution in [0.15, 0.2) is 18.3 Å². The molecule has 1 unspecified atom stereocenters. The van der Waals surface area contributed by atoms with E-state index >= 15 is 0 Å². The first kappa shape index (κ1) is 10.9. The third-order valence-corrected chi connectivity index (χ3v) is 2.65. The number of hydrogen-bond acceptors (Lipinski definition) is 3. The quantitative estimate of drug-likeness (QED) is 0.802. The summed E-state index contributed by atoms with van der Waals surface area (Å²) < 4.78 is 0. The average Bonchev–Trinajstić information content (AvgIpc) is 2.68. The minimum Gasteiger partial charge on any atom is -0.355 e. The van der Waals surface area contributed by atoms with Crippen LogP contribution in [0.2, 0.25) is 5.02 Å². The molecule has 84 valence electrons. The van der Waals surface area contributed by atoms with Crippen LogP contribution >= 0.6 is 11.6 Å². The van der Waals surface area contributed by atoms with E-state index in [0.717, 1.165) is 0 Å². The van der Waals surface area contributed by atoms with Crippen molar-refractivity contribution < 1.29 is 9.59 Å². The lowest BCUT2D eigenvalue weighted by Crippen LogP contribution is -2.25. The van der Waals surface area contributed by atoms with Crippen molar-refractivity contribution in [1.29, 1.82) is 0 Å². The Morgan fingerprint density at radius 3 is 3.06 bits per heavy atom. The highest BCUT2D eigenvalue weighted by molar-refractivity contribution is 6.33. The lowest BCUT2D eigenvalue weighted by atomic mass is 10.1. The standard InChI is InChI=1S/C10H10ClN3O2/c11-7-2-1-3-12-9(7)14-10(16)6-4-8(15)13-5-6/h1-3,6H,4-5H2,(H,13,15)(H,12,14,16). The maximum atomic E-state index is 11.7. The molecular formula is C10H10ClN3O2. The zero-order valence-corrected chi connectivity index (χ0v) is 9.12. The van der Waals surface area contributed by atoms with Gasteiger partial charge in [0.15, 0.2) is 5.82 Å². The summed E-state index contributed by atoms with van der Waals surface area (Å²) in [7, 11) is 0. The largest absolute Gasteiger partial charge is 0.355 e. The van der Waals surface area contributed by atoms with E-state index in [4.69, 9.17) is 11.6 Å². The molecular weight excluding hydrogens is 230 g/mol. The summed E-state index contributed by atoms with van der Waals surface area (Å²) in [5.74, 6) is -0.356. The molecule has 0 saturated carbocycles. The molecule has 2 amide bonds. The predicted octanol–water partition coefficient (Wildman–Crippen LogP) is 0.810. The number of nitrogens with one attached hydrogen (secondary N) is 2. The molecule has 16 heavy (non-hydrogen) atoms. The molecule has 0 aromatic carbocycles. The highest BCUT2D eigenvalue weighted by Crippen LogP contribution is 2.19. The van der Waals surface area contributed by atoms with E-state index in [-0.39, 0.29) is 24.2 Å². The Bertz CT molecular complexity index is 436. The van der Waals surface area contributed by atoms with Gasteiger partial charge in [-0.1, -0.05) is 11.6 Å². The summed E-state index contributed by atoms with van der Waals surface area (Å²) in [5, 5.41) is 5.58. The van der Waals surface area contributed by atoms with Gasteiger partial charge < -0.3 is 10.6 Å².